The lowest BCUT2D eigenvalue weighted by Gasteiger charge is -2.06. The summed E-state index contributed by atoms with van der Waals surface area (Å²) >= 11 is 0. The fourth-order valence-electron chi connectivity index (χ4n) is 4.35. The van der Waals surface area contributed by atoms with Gasteiger partial charge >= 0.3 is 0 Å². The van der Waals surface area contributed by atoms with Crippen LogP contribution in [0, 0.1) is 0 Å². The van der Waals surface area contributed by atoms with Gasteiger partial charge in [0.05, 0.1) is 0 Å². The molecule has 0 spiro atoms. The van der Waals surface area contributed by atoms with Gasteiger partial charge in [0.1, 0.15) is 0 Å². The van der Waals surface area contributed by atoms with Crippen molar-refractivity contribution in [3.8, 4) is 11.5 Å². The molecule has 1 aromatic rings. The molecule has 0 radical (unpaired) electrons. The van der Waals surface area contributed by atoms with Gasteiger partial charge in [0.2, 0.25) is 0 Å². The van der Waals surface area contributed by atoms with Crippen molar-refractivity contribution in [2.24, 2.45) is 0 Å². The molecule has 0 aliphatic rings. The van der Waals surface area contributed by atoms with Crippen molar-refractivity contribution < 1.29 is 10.2 Å². The summed E-state index contributed by atoms with van der Waals surface area (Å²) in [5, 5.41) is 19.3. The Bertz CT molecular complexity index is 497. The van der Waals surface area contributed by atoms with Crippen molar-refractivity contribution in [1.29, 1.82) is 0 Å². The summed E-state index contributed by atoms with van der Waals surface area (Å²) in [6.07, 6.45) is 28.7. The van der Waals surface area contributed by atoms with Crippen LogP contribution in [0.2, 0.25) is 0 Å². The zero-order valence-corrected chi connectivity index (χ0v) is 20.0. The Balaban J connectivity index is 1.74. The number of aromatic hydroxyl groups is 2. The number of phenols is 2. The first-order valence-corrected chi connectivity index (χ1v) is 13.3. The summed E-state index contributed by atoms with van der Waals surface area (Å²) in [4.78, 5) is 0. The molecule has 2 nitrogen and oxygen atoms in total. The average molecular weight is 419 g/mol. The molecule has 0 atom stereocenters. The van der Waals surface area contributed by atoms with E-state index in [0.29, 0.717) is 0 Å². The van der Waals surface area contributed by atoms with E-state index >= 15 is 0 Å². The van der Waals surface area contributed by atoms with E-state index < -0.39 is 0 Å². The highest BCUT2D eigenvalue weighted by molar-refractivity contribution is 5.44. The molecular formula is C28H50O2. The van der Waals surface area contributed by atoms with E-state index in [4.69, 9.17) is 0 Å². The number of rotatable bonds is 21. The molecule has 0 aromatic heterocycles. The molecule has 0 fully saturated rings. The highest BCUT2D eigenvalue weighted by atomic mass is 16.3. The van der Waals surface area contributed by atoms with Crippen molar-refractivity contribution >= 4 is 0 Å². The fraction of sp³-hybridized carbons (Fsp3) is 0.786. The molecule has 174 valence electrons. The minimum absolute atomic E-state index is 0.000617. The number of hydrogen-bond acceptors (Lipinski definition) is 2. The summed E-state index contributed by atoms with van der Waals surface area (Å²) in [6.45, 7) is 2.29. The van der Waals surface area contributed by atoms with Crippen LogP contribution in [0.25, 0.3) is 0 Å². The molecule has 0 bridgehead atoms. The third-order valence-electron chi connectivity index (χ3n) is 6.40. The van der Waals surface area contributed by atoms with Crippen LogP contribution in [-0.4, -0.2) is 10.2 Å². The fourth-order valence-corrected chi connectivity index (χ4v) is 4.35. The number of aryl methyl sites for hydroxylation is 1. The maximum absolute atomic E-state index is 9.81. The van der Waals surface area contributed by atoms with E-state index in [9.17, 15) is 10.2 Å². The number of unbranched alkanes of at least 4 members (excludes halogenated alkanes) is 19. The predicted octanol–water partition coefficient (Wildman–Crippen LogP) is 9.46. The van der Waals surface area contributed by atoms with E-state index in [1.807, 2.05) is 6.07 Å². The second-order valence-electron chi connectivity index (χ2n) is 9.25. The predicted molar refractivity (Wildman–Crippen MR) is 131 cm³/mol. The second-order valence-corrected chi connectivity index (χ2v) is 9.25. The van der Waals surface area contributed by atoms with Gasteiger partial charge in [-0.25, -0.2) is 0 Å². The summed E-state index contributed by atoms with van der Waals surface area (Å²) < 4.78 is 0. The molecular weight excluding hydrogens is 368 g/mol. The number of phenolic OH excluding ortho intramolecular Hbond substituents is 2. The van der Waals surface area contributed by atoms with E-state index in [-0.39, 0.29) is 11.5 Å². The molecule has 0 amide bonds. The zero-order valence-electron chi connectivity index (χ0n) is 20.0. The molecule has 1 aromatic carbocycles. The molecule has 2 heteroatoms. The normalized spacial score (nSPS) is 11.2. The third kappa shape index (κ3) is 14.7. The first-order valence-electron chi connectivity index (χ1n) is 13.3. The maximum atomic E-state index is 9.81. The van der Waals surface area contributed by atoms with Crippen LogP contribution in [-0.2, 0) is 6.42 Å². The van der Waals surface area contributed by atoms with Crippen LogP contribution in [0.1, 0.15) is 141 Å². The van der Waals surface area contributed by atoms with Gasteiger partial charge in [0.25, 0.3) is 0 Å². The first-order chi connectivity index (χ1) is 14.8. The van der Waals surface area contributed by atoms with Crippen LogP contribution in [0.3, 0.4) is 0 Å². The molecule has 0 heterocycles. The van der Waals surface area contributed by atoms with E-state index in [1.54, 1.807) is 6.07 Å². The van der Waals surface area contributed by atoms with Crippen molar-refractivity contribution in [3.05, 3.63) is 23.8 Å². The minimum Gasteiger partial charge on any atom is -0.504 e. The largest absolute Gasteiger partial charge is 0.504 e. The Morgan fingerprint density at radius 1 is 0.500 bits per heavy atom. The van der Waals surface area contributed by atoms with Gasteiger partial charge in [0.15, 0.2) is 11.5 Å². The Morgan fingerprint density at radius 3 is 1.27 bits per heavy atom. The highest BCUT2D eigenvalue weighted by Crippen LogP contribution is 2.29. The van der Waals surface area contributed by atoms with Crippen LogP contribution >= 0.6 is 0 Å². The SMILES string of the molecule is CCCCCCCCCCCCCCCCCCCCCCc1cccc(O)c1O. The smallest absolute Gasteiger partial charge is 0.160 e. The highest BCUT2D eigenvalue weighted by Gasteiger charge is 2.04. The Hall–Kier alpha value is -1.18. The van der Waals surface area contributed by atoms with Gasteiger partial charge in [0, 0.05) is 0 Å². The second kappa shape index (κ2) is 19.8. The van der Waals surface area contributed by atoms with Crippen molar-refractivity contribution in [2.45, 2.75) is 142 Å². The molecule has 0 saturated heterocycles. The van der Waals surface area contributed by atoms with E-state index in [2.05, 4.69) is 6.92 Å². The summed E-state index contributed by atoms with van der Waals surface area (Å²) in [5.74, 6) is 0.0657. The van der Waals surface area contributed by atoms with Crippen molar-refractivity contribution in [3.63, 3.8) is 0 Å². The Morgan fingerprint density at radius 2 is 0.867 bits per heavy atom. The number of benzene rings is 1. The van der Waals surface area contributed by atoms with Crippen molar-refractivity contribution in [1.82, 2.24) is 0 Å². The van der Waals surface area contributed by atoms with Gasteiger partial charge < -0.3 is 10.2 Å². The van der Waals surface area contributed by atoms with Gasteiger partial charge in [-0.2, -0.15) is 0 Å². The third-order valence-corrected chi connectivity index (χ3v) is 6.40. The lowest BCUT2D eigenvalue weighted by atomic mass is 10.0. The van der Waals surface area contributed by atoms with Gasteiger partial charge in [-0.05, 0) is 24.5 Å². The standard InChI is InChI=1S/C28H50O2/c1-2-3-4-5-6-7-8-9-10-11-12-13-14-15-16-17-18-19-20-21-23-26-24-22-25-27(29)28(26)30/h22,24-25,29-30H,2-21,23H2,1H3. The Kier molecular flexibility index (Phi) is 17.7. The van der Waals surface area contributed by atoms with E-state index in [1.165, 1.54) is 128 Å². The lowest BCUT2D eigenvalue weighted by molar-refractivity contribution is 0.398. The molecule has 0 saturated carbocycles. The van der Waals surface area contributed by atoms with Crippen LogP contribution in [0.15, 0.2) is 18.2 Å². The molecule has 0 unspecified atom stereocenters. The summed E-state index contributed by atoms with van der Waals surface area (Å²) in [6, 6.07) is 5.25. The summed E-state index contributed by atoms with van der Waals surface area (Å²) in [5.41, 5.74) is 0.873. The number of hydrogen-bond donors (Lipinski definition) is 2. The van der Waals surface area contributed by atoms with Gasteiger partial charge in [-0.3, -0.25) is 0 Å². The lowest BCUT2D eigenvalue weighted by Crippen LogP contribution is -1.88. The minimum atomic E-state index is 0.000617. The molecule has 1 rings (SSSR count). The monoisotopic (exact) mass is 418 g/mol. The average Bonchev–Trinajstić information content (AvgIpc) is 2.75. The molecule has 2 N–H and O–H groups in total. The van der Waals surface area contributed by atoms with Crippen LogP contribution in [0.4, 0.5) is 0 Å². The quantitative estimate of drug-likeness (QED) is 0.154. The summed E-state index contributed by atoms with van der Waals surface area (Å²) in [7, 11) is 0. The molecule has 0 aliphatic heterocycles. The van der Waals surface area contributed by atoms with Gasteiger partial charge in [-0.15, -0.1) is 0 Å². The van der Waals surface area contributed by atoms with Crippen LogP contribution < -0.4 is 0 Å². The van der Waals surface area contributed by atoms with Crippen molar-refractivity contribution in [2.75, 3.05) is 0 Å². The Labute approximate surface area is 187 Å². The number of para-hydroxylation sites is 1. The maximum Gasteiger partial charge on any atom is 0.160 e. The molecule has 30 heavy (non-hydrogen) atoms. The zero-order chi connectivity index (χ0) is 21.7. The van der Waals surface area contributed by atoms with Gasteiger partial charge in [-0.1, -0.05) is 141 Å². The topological polar surface area (TPSA) is 40.5 Å². The first kappa shape index (κ1) is 26.9. The molecule has 0 aliphatic carbocycles. The van der Waals surface area contributed by atoms with E-state index in [0.717, 1.165) is 18.4 Å². The van der Waals surface area contributed by atoms with Crippen LogP contribution in [0.5, 0.6) is 11.5 Å².